The second-order valence-electron chi connectivity index (χ2n) is 5.85. The summed E-state index contributed by atoms with van der Waals surface area (Å²) in [5.41, 5.74) is 8.30. The molecular formula is C21H21N3O2. The smallest absolute Gasteiger partial charge is 0.255 e. The molecule has 1 heterocycles. The van der Waals surface area contributed by atoms with Gasteiger partial charge in [0.25, 0.3) is 5.91 Å². The van der Waals surface area contributed by atoms with Crippen molar-refractivity contribution < 1.29 is 9.53 Å². The number of ether oxygens (including phenoxy) is 1. The van der Waals surface area contributed by atoms with Crippen LogP contribution in [-0.4, -0.2) is 17.5 Å². The van der Waals surface area contributed by atoms with Crippen molar-refractivity contribution in [3.05, 3.63) is 89.6 Å². The van der Waals surface area contributed by atoms with Gasteiger partial charge in [0, 0.05) is 19.2 Å². The summed E-state index contributed by atoms with van der Waals surface area (Å²) in [5, 5.41) is 2.85. The number of amides is 1. The molecule has 0 aliphatic carbocycles. The fourth-order valence-electron chi connectivity index (χ4n) is 2.56. The largest absolute Gasteiger partial charge is 0.493 e. The van der Waals surface area contributed by atoms with Crippen molar-refractivity contribution in [2.75, 3.05) is 12.3 Å². The fourth-order valence-corrected chi connectivity index (χ4v) is 2.56. The zero-order valence-electron chi connectivity index (χ0n) is 14.4. The molecule has 5 heteroatoms. The molecule has 0 fully saturated rings. The van der Waals surface area contributed by atoms with Crippen LogP contribution < -0.4 is 15.8 Å². The number of anilines is 1. The van der Waals surface area contributed by atoms with E-state index in [1.807, 2.05) is 42.5 Å². The van der Waals surface area contributed by atoms with Crippen LogP contribution in [-0.2, 0) is 13.0 Å². The van der Waals surface area contributed by atoms with Gasteiger partial charge in [-0.05, 0) is 35.4 Å². The van der Waals surface area contributed by atoms with E-state index in [0.717, 1.165) is 17.7 Å². The van der Waals surface area contributed by atoms with Crippen LogP contribution in [0.2, 0.25) is 0 Å². The number of hydrogen-bond donors (Lipinski definition) is 2. The molecule has 1 aromatic heterocycles. The number of pyridine rings is 1. The summed E-state index contributed by atoms with van der Waals surface area (Å²) in [6.45, 7) is 0.995. The SMILES string of the molecule is Nc1ncccc1C(=O)NCc1cccc(OCCc2ccccc2)c1. The van der Waals surface area contributed by atoms with Crippen LogP contribution >= 0.6 is 0 Å². The predicted octanol–water partition coefficient (Wildman–Crippen LogP) is 3.22. The standard InChI is InChI=1S/C21H21N3O2/c22-20-19(10-5-12-23-20)21(25)24-15-17-8-4-9-18(14-17)26-13-11-16-6-2-1-3-7-16/h1-10,12,14H,11,13,15H2,(H2,22,23)(H,24,25). The van der Waals surface area contributed by atoms with Crippen molar-refractivity contribution in [3.8, 4) is 5.75 Å². The first-order chi connectivity index (χ1) is 12.7. The molecule has 0 aliphatic rings. The lowest BCUT2D eigenvalue weighted by atomic mass is 10.1. The molecule has 1 amide bonds. The number of nitrogens with zero attached hydrogens (tertiary/aromatic N) is 1. The summed E-state index contributed by atoms with van der Waals surface area (Å²) in [4.78, 5) is 16.1. The Kier molecular flexibility index (Phi) is 5.83. The highest BCUT2D eigenvalue weighted by atomic mass is 16.5. The van der Waals surface area contributed by atoms with Gasteiger partial charge in [0.1, 0.15) is 11.6 Å². The number of aromatic nitrogens is 1. The lowest BCUT2D eigenvalue weighted by molar-refractivity contribution is 0.0951. The summed E-state index contributed by atoms with van der Waals surface area (Å²) in [6, 6.07) is 21.2. The van der Waals surface area contributed by atoms with Gasteiger partial charge in [-0.3, -0.25) is 4.79 Å². The average Bonchev–Trinajstić information content (AvgIpc) is 2.68. The first-order valence-corrected chi connectivity index (χ1v) is 8.47. The third-order valence-corrected chi connectivity index (χ3v) is 3.94. The van der Waals surface area contributed by atoms with Crippen molar-refractivity contribution >= 4 is 11.7 Å². The molecule has 0 spiro atoms. The van der Waals surface area contributed by atoms with Gasteiger partial charge in [-0.2, -0.15) is 0 Å². The first-order valence-electron chi connectivity index (χ1n) is 8.47. The third kappa shape index (κ3) is 4.83. The lowest BCUT2D eigenvalue weighted by Gasteiger charge is -2.10. The topological polar surface area (TPSA) is 77.2 Å². The van der Waals surface area contributed by atoms with Gasteiger partial charge in [-0.25, -0.2) is 4.98 Å². The highest BCUT2D eigenvalue weighted by Crippen LogP contribution is 2.14. The molecular weight excluding hydrogens is 326 g/mol. The Morgan fingerprint density at radius 1 is 1.00 bits per heavy atom. The van der Waals surface area contributed by atoms with E-state index in [9.17, 15) is 4.79 Å². The Morgan fingerprint density at radius 2 is 1.81 bits per heavy atom. The highest BCUT2D eigenvalue weighted by Gasteiger charge is 2.09. The predicted molar refractivity (Wildman–Crippen MR) is 102 cm³/mol. The quantitative estimate of drug-likeness (QED) is 0.688. The van der Waals surface area contributed by atoms with E-state index < -0.39 is 0 Å². The number of rotatable bonds is 7. The minimum atomic E-state index is -0.244. The number of nitrogen functional groups attached to an aromatic ring is 1. The van der Waals surface area contributed by atoms with E-state index in [1.165, 1.54) is 5.56 Å². The lowest BCUT2D eigenvalue weighted by Crippen LogP contribution is -2.24. The summed E-state index contributed by atoms with van der Waals surface area (Å²) in [6.07, 6.45) is 2.41. The fraction of sp³-hybridized carbons (Fsp3) is 0.143. The molecule has 5 nitrogen and oxygen atoms in total. The third-order valence-electron chi connectivity index (χ3n) is 3.94. The molecule has 0 saturated carbocycles. The number of nitrogens with two attached hydrogens (primary N) is 1. The van der Waals surface area contributed by atoms with Crippen LogP contribution in [0.15, 0.2) is 72.9 Å². The molecule has 0 aliphatic heterocycles. The number of carbonyl (C=O) groups is 1. The molecule has 2 aromatic carbocycles. The Hall–Kier alpha value is -3.34. The van der Waals surface area contributed by atoms with Crippen molar-refractivity contribution in [1.82, 2.24) is 10.3 Å². The molecule has 0 saturated heterocycles. The van der Waals surface area contributed by atoms with Crippen molar-refractivity contribution in [2.45, 2.75) is 13.0 Å². The van der Waals surface area contributed by atoms with E-state index in [4.69, 9.17) is 10.5 Å². The van der Waals surface area contributed by atoms with Crippen LogP contribution in [0.5, 0.6) is 5.75 Å². The molecule has 0 radical (unpaired) electrons. The van der Waals surface area contributed by atoms with E-state index in [-0.39, 0.29) is 11.7 Å². The van der Waals surface area contributed by atoms with E-state index in [1.54, 1.807) is 18.3 Å². The summed E-state index contributed by atoms with van der Waals surface area (Å²) in [7, 11) is 0. The number of nitrogens with one attached hydrogen (secondary N) is 1. The number of carbonyl (C=O) groups excluding carboxylic acids is 1. The van der Waals surface area contributed by atoms with Gasteiger partial charge in [-0.15, -0.1) is 0 Å². The maximum Gasteiger partial charge on any atom is 0.255 e. The van der Waals surface area contributed by atoms with Gasteiger partial charge in [0.05, 0.1) is 12.2 Å². The Bertz CT molecular complexity index is 866. The van der Waals surface area contributed by atoms with Crippen molar-refractivity contribution in [3.63, 3.8) is 0 Å². The first kappa shape index (κ1) is 17.5. The van der Waals surface area contributed by atoms with Crippen LogP contribution in [0.4, 0.5) is 5.82 Å². The van der Waals surface area contributed by atoms with Crippen LogP contribution in [0, 0.1) is 0 Å². The van der Waals surface area contributed by atoms with Gasteiger partial charge in [0.2, 0.25) is 0 Å². The van der Waals surface area contributed by atoms with Crippen LogP contribution in [0.25, 0.3) is 0 Å². The second-order valence-corrected chi connectivity index (χ2v) is 5.85. The maximum atomic E-state index is 12.2. The molecule has 3 aromatic rings. The van der Waals surface area contributed by atoms with Gasteiger partial charge >= 0.3 is 0 Å². The summed E-state index contributed by atoms with van der Waals surface area (Å²) >= 11 is 0. The van der Waals surface area contributed by atoms with Gasteiger partial charge in [-0.1, -0.05) is 42.5 Å². The van der Waals surface area contributed by atoms with Crippen molar-refractivity contribution in [1.29, 1.82) is 0 Å². The summed E-state index contributed by atoms with van der Waals surface area (Å²) in [5.74, 6) is 0.766. The maximum absolute atomic E-state index is 12.2. The highest BCUT2D eigenvalue weighted by molar-refractivity contribution is 5.98. The van der Waals surface area contributed by atoms with Crippen LogP contribution in [0.1, 0.15) is 21.5 Å². The van der Waals surface area contributed by atoms with Crippen LogP contribution in [0.3, 0.4) is 0 Å². The Labute approximate surface area is 152 Å². The van der Waals surface area contributed by atoms with E-state index in [0.29, 0.717) is 18.7 Å². The zero-order chi connectivity index (χ0) is 18.2. The molecule has 0 unspecified atom stereocenters. The molecule has 3 N–H and O–H groups in total. The van der Waals surface area contributed by atoms with Gasteiger partial charge < -0.3 is 15.8 Å². The molecule has 26 heavy (non-hydrogen) atoms. The zero-order valence-corrected chi connectivity index (χ0v) is 14.4. The summed E-state index contributed by atoms with van der Waals surface area (Å²) < 4.78 is 5.82. The second kappa shape index (κ2) is 8.67. The minimum Gasteiger partial charge on any atom is -0.493 e. The molecule has 3 rings (SSSR count). The number of benzene rings is 2. The Morgan fingerprint density at radius 3 is 2.62 bits per heavy atom. The number of hydrogen-bond acceptors (Lipinski definition) is 4. The van der Waals surface area contributed by atoms with E-state index >= 15 is 0 Å². The molecule has 132 valence electrons. The van der Waals surface area contributed by atoms with Gasteiger partial charge in [0.15, 0.2) is 0 Å². The monoisotopic (exact) mass is 347 g/mol. The Balaban J connectivity index is 1.52. The molecule has 0 bridgehead atoms. The van der Waals surface area contributed by atoms with Crippen molar-refractivity contribution in [2.24, 2.45) is 0 Å². The van der Waals surface area contributed by atoms with E-state index in [2.05, 4.69) is 22.4 Å². The molecule has 0 atom stereocenters. The minimum absolute atomic E-state index is 0.225. The normalized spacial score (nSPS) is 10.3. The average molecular weight is 347 g/mol.